The average Bonchev–Trinajstić information content (AvgIpc) is 3.22. The van der Waals surface area contributed by atoms with Crippen LogP contribution >= 0.6 is 0 Å². The number of benzene rings is 2. The zero-order valence-electron chi connectivity index (χ0n) is 17.6. The molecule has 3 aromatic rings. The first kappa shape index (κ1) is 20.6. The molecule has 31 heavy (non-hydrogen) atoms. The van der Waals surface area contributed by atoms with Crippen LogP contribution in [0.4, 0.5) is 5.69 Å². The van der Waals surface area contributed by atoms with Gasteiger partial charge in [-0.05, 0) is 49.2 Å². The lowest BCUT2D eigenvalue weighted by atomic mass is 10.0. The summed E-state index contributed by atoms with van der Waals surface area (Å²) in [6, 6.07) is 17.1. The van der Waals surface area contributed by atoms with E-state index in [9.17, 15) is 9.59 Å². The third-order valence-electron chi connectivity index (χ3n) is 5.38. The van der Waals surface area contributed by atoms with Gasteiger partial charge in [-0.2, -0.15) is 0 Å². The van der Waals surface area contributed by atoms with E-state index in [4.69, 9.17) is 5.11 Å². The van der Waals surface area contributed by atoms with Gasteiger partial charge in [0.25, 0.3) is 11.8 Å². The zero-order chi connectivity index (χ0) is 22.0. The summed E-state index contributed by atoms with van der Waals surface area (Å²) in [5, 5.41) is 11.6. The zero-order valence-corrected chi connectivity index (χ0v) is 17.6. The van der Waals surface area contributed by atoms with Crippen LogP contribution in [0.3, 0.4) is 0 Å². The van der Waals surface area contributed by atoms with Crippen molar-refractivity contribution in [3.63, 3.8) is 0 Å². The Morgan fingerprint density at radius 1 is 1.13 bits per heavy atom. The maximum atomic E-state index is 13.5. The smallest absolute Gasteiger partial charge is 0.259 e. The Bertz CT molecular complexity index is 1160. The fourth-order valence-corrected chi connectivity index (χ4v) is 3.87. The molecule has 1 aliphatic rings. The quantitative estimate of drug-likeness (QED) is 0.539. The summed E-state index contributed by atoms with van der Waals surface area (Å²) in [6.07, 6.45) is 1.89. The lowest BCUT2D eigenvalue weighted by molar-refractivity contribution is -0.113. The van der Waals surface area contributed by atoms with E-state index in [1.165, 1.54) is 0 Å². The minimum Gasteiger partial charge on any atom is -0.395 e. The summed E-state index contributed by atoms with van der Waals surface area (Å²) < 4.78 is 0. The fraction of sp³-hybridized carbons (Fsp3) is 0.200. The number of hydrogen-bond acceptors (Lipinski definition) is 3. The number of rotatable bonds is 6. The van der Waals surface area contributed by atoms with Gasteiger partial charge in [-0.25, -0.2) is 0 Å². The van der Waals surface area contributed by atoms with Gasteiger partial charge in [-0.3, -0.25) is 9.59 Å². The molecule has 158 valence electrons. The number of amides is 2. The van der Waals surface area contributed by atoms with Crippen molar-refractivity contribution in [1.29, 1.82) is 0 Å². The highest BCUT2D eigenvalue weighted by molar-refractivity contribution is 6.36. The number of nitrogens with one attached hydrogen (secondary N) is 2. The van der Waals surface area contributed by atoms with Crippen molar-refractivity contribution in [1.82, 2.24) is 10.3 Å². The normalized spacial score (nSPS) is 14.2. The first-order valence-corrected chi connectivity index (χ1v) is 10.2. The van der Waals surface area contributed by atoms with Gasteiger partial charge in [0.05, 0.1) is 24.4 Å². The Morgan fingerprint density at radius 3 is 2.58 bits per heavy atom. The first-order valence-electron chi connectivity index (χ1n) is 10.2. The molecule has 1 aromatic heterocycles. The van der Waals surface area contributed by atoms with Gasteiger partial charge in [0.1, 0.15) is 0 Å². The molecule has 0 spiro atoms. The van der Waals surface area contributed by atoms with E-state index in [0.29, 0.717) is 23.4 Å². The van der Waals surface area contributed by atoms with Crippen LogP contribution in [0.25, 0.3) is 11.6 Å². The number of carbonyl (C=O) groups is 2. The van der Waals surface area contributed by atoms with Crippen LogP contribution in [-0.4, -0.2) is 35.1 Å². The number of aliphatic hydroxyl groups is 1. The second-order valence-electron chi connectivity index (χ2n) is 7.70. The number of aromatic amines is 1. The van der Waals surface area contributed by atoms with E-state index in [-0.39, 0.29) is 25.0 Å². The number of nitrogens with zero attached hydrogens (tertiary/aromatic N) is 1. The highest BCUT2D eigenvalue weighted by Gasteiger charge is 2.33. The first-order chi connectivity index (χ1) is 15.0. The van der Waals surface area contributed by atoms with E-state index in [1.54, 1.807) is 17.0 Å². The van der Waals surface area contributed by atoms with Crippen molar-refractivity contribution < 1.29 is 14.7 Å². The van der Waals surface area contributed by atoms with Crippen LogP contribution in [0.15, 0.2) is 54.6 Å². The van der Waals surface area contributed by atoms with Gasteiger partial charge >= 0.3 is 0 Å². The molecule has 0 fully saturated rings. The number of H-pyrrole nitrogens is 1. The van der Waals surface area contributed by atoms with E-state index >= 15 is 0 Å². The summed E-state index contributed by atoms with van der Waals surface area (Å²) in [5.74, 6) is -0.379. The van der Waals surface area contributed by atoms with Crippen LogP contribution < -0.4 is 10.2 Å². The molecular weight excluding hydrogens is 390 g/mol. The van der Waals surface area contributed by atoms with Gasteiger partial charge in [-0.1, -0.05) is 36.4 Å². The summed E-state index contributed by atoms with van der Waals surface area (Å²) in [6.45, 7) is 4.45. The van der Waals surface area contributed by atoms with Crippen molar-refractivity contribution in [2.45, 2.75) is 20.4 Å². The topological polar surface area (TPSA) is 85.4 Å². The van der Waals surface area contributed by atoms with Crippen molar-refractivity contribution in [2.75, 3.05) is 18.1 Å². The lowest BCUT2D eigenvalue weighted by Gasteiger charge is -2.18. The predicted molar refractivity (Wildman–Crippen MR) is 122 cm³/mol. The van der Waals surface area contributed by atoms with Crippen molar-refractivity contribution in [3.8, 4) is 0 Å². The van der Waals surface area contributed by atoms with Gasteiger partial charge in [0.2, 0.25) is 0 Å². The molecule has 2 amide bonds. The molecule has 0 saturated carbocycles. The molecule has 6 heteroatoms. The van der Waals surface area contributed by atoms with E-state index in [0.717, 1.165) is 28.1 Å². The van der Waals surface area contributed by atoms with Crippen LogP contribution in [-0.2, 0) is 11.3 Å². The fourth-order valence-electron chi connectivity index (χ4n) is 3.87. The Hall–Kier alpha value is -3.64. The summed E-state index contributed by atoms with van der Waals surface area (Å²) >= 11 is 0. The van der Waals surface area contributed by atoms with Crippen LogP contribution in [0.5, 0.6) is 0 Å². The molecule has 0 unspecified atom stereocenters. The molecule has 1 aliphatic heterocycles. The standard InChI is InChI=1S/C25H25N3O3/c1-16-12-17(2)27-22(16)14-21-20-9-8-19(24(30)26-10-11-29)13-23(20)28(25(21)31)15-18-6-4-3-5-7-18/h3-9,12-14,27,29H,10-11,15H2,1-2H3,(H,26,30)/b21-14-. The van der Waals surface area contributed by atoms with E-state index in [1.807, 2.05) is 62.4 Å². The third kappa shape index (κ3) is 4.15. The summed E-state index contributed by atoms with van der Waals surface area (Å²) in [4.78, 5) is 30.9. The van der Waals surface area contributed by atoms with Crippen LogP contribution in [0.2, 0.25) is 0 Å². The molecule has 0 bridgehead atoms. The molecule has 6 nitrogen and oxygen atoms in total. The second kappa shape index (κ2) is 8.62. The monoisotopic (exact) mass is 415 g/mol. The van der Waals surface area contributed by atoms with Crippen LogP contribution in [0.1, 0.15) is 38.4 Å². The van der Waals surface area contributed by atoms with Gasteiger partial charge in [0.15, 0.2) is 0 Å². The molecule has 2 heterocycles. The number of carbonyl (C=O) groups excluding carboxylic acids is 2. The Labute approximate surface area is 181 Å². The Balaban J connectivity index is 1.78. The van der Waals surface area contributed by atoms with Crippen LogP contribution in [0, 0.1) is 13.8 Å². The Morgan fingerprint density at radius 2 is 1.90 bits per heavy atom. The second-order valence-corrected chi connectivity index (χ2v) is 7.70. The number of hydrogen-bond donors (Lipinski definition) is 3. The van der Waals surface area contributed by atoms with Crippen molar-refractivity contribution >= 4 is 29.2 Å². The minimum absolute atomic E-state index is 0.0987. The predicted octanol–water partition coefficient (Wildman–Crippen LogP) is 3.44. The maximum Gasteiger partial charge on any atom is 0.259 e. The van der Waals surface area contributed by atoms with Gasteiger partial charge < -0.3 is 20.3 Å². The molecular formula is C25H25N3O3. The van der Waals surface area contributed by atoms with Gasteiger partial charge in [0, 0.05) is 29.1 Å². The average molecular weight is 415 g/mol. The molecule has 4 rings (SSSR count). The number of aromatic nitrogens is 1. The number of aryl methyl sites for hydroxylation is 2. The number of fused-ring (bicyclic) bond motifs is 1. The molecule has 2 aromatic carbocycles. The number of anilines is 1. The number of aliphatic hydroxyl groups excluding tert-OH is 1. The largest absolute Gasteiger partial charge is 0.395 e. The SMILES string of the molecule is Cc1cc(C)c(/C=C2\C(=O)N(Cc3ccccc3)c3cc(C(=O)NCCO)ccc32)[nH]1. The lowest BCUT2D eigenvalue weighted by Crippen LogP contribution is -2.27. The minimum atomic E-state index is -0.280. The molecule has 0 saturated heterocycles. The third-order valence-corrected chi connectivity index (χ3v) is 5.38. The highest BCUT2D eigenvalue weighted by atomic mass is 16.3. The van der Waals surface area contributed by atoms with Gasteiger partial charge in [-0.15, -0.1) is 0 Å². The molecule has 0 aliphatic carbocycles. The summed E-state index contributed by atoms with van der Waals surface area (Å²) in [7, 11) is 0. The van der Waals surface area contributed by atoms with E-state index in [2.05, 4.69) is 10.3 Å². The van der Waals surface area contributed by atoms with Crippen molar-refractivity contribution in [3.05, 3.63) is 88.2 Å². The highest BCUT2D eigenvalue weighted by Crippen LogP contribution is 2.39. The maximum absolute atomic E-state index is 13.5. The molecule has 3 N–H and O–H groups in total. The molecule has 0 radical (unpaired) electrons. The Kier molecular flexibility index (Phi) is 5.73. The van der Waals surface area contributed by atoms with E-state index < -0.39 is 0 Å². The van der Waals surface area contributed by atoms with Crippen molar-refractivity contribution in [2.24, 2.45) is 0 Å². The molecule has 0 atom stereocenters. The summed E-state index contributed by atoms with van der Waals surface area (Å²) in [5.41, 5.74) is 6.56.